The van der Waals surface area contributed by atoms with Gasteiger partial charge in [-0.2, -0.15) is 0 Å². The molecule has 9 nitrogen and oxygen atoms in total. The number of nitrogens with one attached hydrogen (secondary N) is 2. The lowest BCUT2D eigenvalue weighted by atomic mass is 10.0. The molecule has 1 amide bonds. The lowest BCUT2D eigenvalue weighted by molar-refractivity contribution is -0.142. The lowest BCUT2D eigenvalue weighted by Gasteiger charge is -2.15. The van der Waals surface area contributed by atoms with Crippen LogP contribution in [0.4, 0.5) is 0 Å². The lowest BCUT2D eigenvalue weighted by Crippen LogP contribution is -2.44. The maximum Gasteiger partial charge on any atom is 0.336 e. The molecule has 0 bridgehead atoms. The van der Waals surface area contributed by atoms with Gasteiger partial charge in [0.25, 0.3) is 5.91 Å². The number of carboxylic acid groups (broad SMARTS) is 1. The second-order valence-corrected chi connectivity index (χ2v) is 7.60. The van der Waals surface area contributed by atoms with Crippen molar-refractivity contribution in [2.45, 2.75) is 25.8 Å². The van der Waals surface area contributed by atoms with Crippen LogP contribution in [0, 0.1) is 0 Å². The standard InChI is InChI=1S/C24H22N2O7/c1-2-13-8-23(29)33-21-10-16(4-5-17(13)21)32-12-22(28)26-20(24(30)31)7-14-11-25-19-6-3-15(27)9-18(14)19/h3-6,8-11,20,25,27H,2,7,12H2,1H3,(H,26,28)(H,30,31)/t20-/m0/s1. The summed E-state index contributed by atoms with van der Waals surface area (Å²) in [6, 6.07) is 9.92. The Morgan fingerprint density at radius 1 is 1.12 bits per heavy atom. The van der Waals surface area contributed by atoms with E-state index in [0.717, 1.165) is 16.5 Å². The molecule has 0 aliphatic heterocycles. The van der Waals surface area contributed by atoms with Crippen molar-refractivity contribution in [3.63, 3.8) is 0 Å². The number of aromatic nitrogens is 1. The minimum absolute atomic E-state index is 0.0193. The van der Waals surface area contributed by atoms with E-state index in [9.17, 15) is 24.6 Å². The first kappa shape index (κ1) is 21.9. The maximum absolute atomic E-state index is 12.4. The number of aromatic hydroxyl groups is 1. The van der Waals surface area contributed by atoms with Gasteiger partial charge >= 0.3 is 11.6 Å². The topological polar surface area (TPSA) is 142 Å². The highest BCUT2D eigenvalue weighted by Gasteiger charge is 2.22. The van der Waals surface area contributed by atoms with E-state index in [-0.39, 0.29) is 12.2 Å². The quantitative estimate of drug-likeness (QED) is 0.302. The molecular formula is C24H22N2O7. The summed E-state index contributed by atoms with van der Waals surface area (Å²) in [5.41, 5.74) is 2.12. The molecule has 0 aliphatic carbocycles. The molecular weight excluding hydrogens is 428 g/mol. The van der Waals surface area contributed by atoms with Crippen LogP contribution in [0.1, 0.15) is 18.1 Å². The molecule has 1 atom stereocenters. The highest BCUT2D eigenvalue weighted by atomic mass is 16.5. The number of carbonyl (C=O) groups is 2. The highest BCUT2D eigenvalue weighted by Crippen LogP contribution is 2.25. The predicted molar refractivity (Wildman–Crippen MR) is 121 cm³/mol. The summed E-state index contributed by atoms with van der Waals surface area (Å²) in [5.74, 6) is -1.44. The summed E-state index contributed by atoms with van der Waals surface area (Å²) < 4.78 is 10.7. The number of phenols is 1. The molecule has 0 saturated heterocycles. The van der Waals surface area contributed by atoms with Crippen molar-refractivity contribution in [3.05, 3.63) is 70.2 Å². The Morgan fingerprint density at radius 3 is 2.70 bits per heavy atom. The van der Waals surface area contributed by atoms with Crippen LogP contribution < -0.4 is 15.7 Å². The van der Waals surface area contributed by atoms with Crippen LogP contribution >= 0.6 is 0 Å². The van der Waals surface area contributed by atoms with E-state index >= 15 is 0 Å². The Balaban J connectivity index is 1.43. The van der Waals surface area contributed by atoms with E-state index in [1.807, 2.05) is 6.92 Å². The number of benzene rings is 2. The number of aryl methyl sites for hydroxylation is 1. The third kappa shape index (κ3) is 4.82. The number of fused-ring (bicyclic) bond motifs is 2. The van der Waals surface area contributed by atoms with Gasteiger partial charge in [0.05, 0.1) is 0 Å². The first-order valence-electron chi connectivity index (χ1n) is 10.3. The SMILES string of the molecule is CCc1cc(=O)oc2cc(OCC(=O)N[C@@H](Cc3c[nH]c4ccc(O)cc34)C(=O)O)ccc12. The minimum atomic E-state index is -1.20. The van der Waals surface area contributed by atoms with Crippen molar-refractivity contribution in [1.29, 1.82) is 0 Å². The van der Waals surface area contributed by atoms with Gasteiger partial charge in [0.1, 0.15) is 23.1 Å². The molecule has 0 unspecified atom stereocenters. The van der Waals surface area contributed by atoms with Crippen LogP contribution in [0.3, 0.4) is 0 Å². The largest absolute Gasteiger partial charge is 0.508 e. The number of ether oxygens (including phenoxy) is 1. The average molecular weight is 450 g/mol. The van der Waals surface area contributed by atoms with Crippen molar-refractivity contribution in [2.75, 3.05) is 6.61 Å². The van der Waals surface area contributed by atoms with Gasteiger partial charge in [-0.1, -0.05) is 6.92 Å². The van der Waals surface area contributed by atoms with Crippen molar-refractivity contribution < 1.29 is 29.0 Å². The van der Waals surface area contributed by atoms with E-state index in [1.165, 1.54) is 24.3 Å². The molecule has 2 aromatic heterocycles. The van der Waals surface area contributed by atoms with Crippen molar-refractivity contribution >= 4 is 33.7 Å². The maximum atomic E-state index is 12.4. The predicted octanol–water partition coefficient (Wildman–Crippen LogP) is 2.73. The fourth-order valence-corrected chi connectivity index (χ4v) is 3.73. The molecule has 0 radical (unpaired) electrons. The molecule has 4 rings (SSSR count). The normalized spacial score (nSPS) is 12.0. The molecule has 170 valence electrons. The third-order valence-corrected chi connectivity index (χ3v) is 5.36. The molecule has 2 aromatic carbocycles. The second-order valence-electron chi connectivity index (χ2n) is 7.60. The smallest absolute Gasteiger partial charge is 0.336 e. The van der Waals surface area contributed by atoms with Gasteiger partial charge in [-0.05, 0) is 47.9 Å². The number of rotatable bonds is 8. The number of carboxylic acids is 1. The van der Waals surface area contributed by atoms with Gasteiger partial charge in [-0.3, -0.25) is 4.79 Å². The van der Waals surface area contributed by atoms with Crippen LogP contribution in [0.25, 0.3) is 21.9 Å². The molecule has 0 fully saturated rings. The zero-order valence-corrected chi connectivity index (χ0v) is 17.8. The minimum Gasteiger partial charge on any atom is -0.508 e. The number of amides is 1. The van der Waals surface area contributed by atoms with Gasteiger partial charge in [0, 0.05) is 41.0 Å². The second kappa shape index (κ2) is 9.07. The summed E-state index contributed by atoms with van der Waals surface area (Å²) in [6.07, 6.45) is 2.33. The Morgan fingerprint density at radius 2 is 1.94 bits per heavy atom. The van der Waals surface area contributed by atoms with E-state index in [1.54, 1.807) is 24.4 Å². The molecule has 9 heteroatoms. The summed E-state index contributed by atoms with van der Waals surface area (Å²) in [6.45, 7) is 1.52. The number of H-pyrrole nitrogens is 1. The van der Waals surface area contributed by atoms with Crippen LogP contribution in [-0.4, -0.2) is 39.7 Å². The van der Waals surface area contributed by atoms with Crippen molar-refractivity contribution in [3.8, 4) is 11.5 Å². The molecule has 0 spiro atoms. The average Bonchev–Trinajstić information content (AvgIpc) is 3.18. The van der Waals surface area contributed by atoms with Crippen LogP contribution in [0.5, 0.6) is 11.5 Å². The number of aromatic amines is 1. The number of carbonyl (C=O) groups excluding carboxylic acids is 1. The van der Waals surface area contributed by atoms with Gasteiger partial charge in [-0.15, -0.1) is 0 Å². The monoisotopic (exact) mass is 450 g/mol. The van der Waals surface area contributed by atoms with E-state index < -0.39 is 30.2 Å². The van der Waals surface area contributed by atoms with Gasteiger partial charge in [0.15, 0.2) is 6.61 Å². The summed E-state index contributed by atoms with van der Waals surface area (Å²) in [5, 5.41) is 23.2. The molecule has 0 saturated carbocycles. The molecule has 4 N–H and O–H groups in total. The number of hydrogen-bond donors (Lipinski definition) is 4. The van der Waals surface area contributed by atoms with Gasteiger partial charge in [0.2, 0.25) is 0 Å². The first-order valence-corrected chi connectivity index (χ1v) is 10.3. The fourth-order valence-electron chi connectivity index (χ4n) is 3.73. The van der Waals surface area contributed by atoms with Crippen LogP contribution in [0.15, 0.2) is 57.9 Å². The van der Waals surface area contributed by atoms with Crippen molar-refractivity contribution in [1.82, 2.24) is 10.3 Å². The summed E-state index contributed by atoms with van der Waals surface area (Å²) in [7, 11) is 0. The zero-order valence-electron chi connectivity index (χ0n) is 17.8. The Bertz CT molecular complexity index is 1400. The Hall–Kier alpha value is -4.27. The Kier molecular flexibility index (Phi) is 6.03. The number of hydrogen-bond acceptors (Lipinski definition) is 6. The first-order chi connectivity index (χ1) is 15.8. The summed E-state index contributed by atoms with van der Waals surface area (Å²) >= 11 is 0. The van der Waals surface area contributed by atoms with Crippen LogP contribution in [-0.2, 0) is 22.4 Å². The number of aliphatic carboxylic acids is 1. The van der Waals surface area contributed by atoms with Crippen LogP contribution in [0.2, 0.25) is 0 Å². The van der Waals surface area contributed by atoms with Gasteiger partial charge < -0.3 is 29.7 Å². The Labute approximate surface area is 187 Å². The van der Waals surface area contributed by atoms with Crippen molar-refractivity contribution in [2.24, 2.45) is 0 Å². The van der Waals surface area contributed by atoms with E-state index in [0.29, 0.717) is 28.7 Å². The van der Waals surface area contributed by atoms with Gasteiger partial charge in [-0.25, -0.2) is 9.59 Å². The molecule has 0 aliphatic rings. The third-order valence-electron chi connectivity index (χ3n) is 5.36. The van der Waals surface area contributed by atoms with E-state index in [2.05, 4.69) is 10.3 Å². The summed E-state index contributed by atoms with van der Waals surface area (Å²) in [4.78, 5) is 38.8. The zero-order chi connectivity index (χ0) is 23.5. The fraction of sp³-hybridized carbons (Fsp3) is 0.208. The molecule has 4 aromatic rings. The molecule has 2 heterocycles. The van der Waals surface area contributed by atoms with E-state index in [4.69, 9.17) is 9.15 Å². The molecule has 33 heavy (non-hydrogen) atoms. The number of phenolic OH excluding ortho intramolecular Hbond substituents is 1. The highest BCUT2D eigenvalue weighted by molar-refractivity contribution is 5.88.